The minimum Gasteiger partial charge on any atom is -0.119 e. The van der Waals surface area contributed by atoms with Crippen LogP contribution < -0.4 is 0 Å². The molecular formula is C14H16. The van der Waals surface area contributed by atoms with E-state index in [-0.39, 0.29) is 5.92 Å². The van der Waals surface area contributed by atoms with Crippen LogP contribution >= 0.6 is 0 Å². The van der Waals surface area contributed by atoms with Crippen LogP contribution in [0.3, 0.4) is 0 Å². The Labute approximate surface area is 86.7 Å². The Kier molecular flexibility index (Phi) is 4.58. The molecule has 0 bridgehead atoms. The molecule has 0 nitrogen and oxygen atoms in total. The molecule has 0 aromatic heterocycles. The maximum atomic E-state index is 5.26. The highest BCUT2D eigenvalue weighted by molar-refractivity contribution is 5.15. The molecule has 0 saturated heterocycles. The van der Waals surface area contributed by atoms with Crippen molar-refractivity contribution in [1.82, 2.24) is 0 Å². The van der Waals surface area contributed by atoms with Crippen LogP contribution in [-0.4, -0.2) is 0 Å². The van der Waals surface area contributed by atoms with Crippen molar-refractivity contribution in [3.63, 3.8) is 0 Å². The number of allylic oxidation sites excluding steroid dienone is 2. The second-order valence-electron chi connectivity index (χ2n) is 3.41. The molecule has 0 heteroatoms. The molecule has 1 aromatic rings. The van der Waals surface area contributed by atoms with Gasteiger partial charge >= 0.3 is 0 Å². The van der Waals surface area contributed by atoms with E-state index in [1.165, 1.54) is 5.56 Å². The van der Waals surface area contributed by atoms with Crippen molar-refractivity contribution in [2.24, 2.45) is 5.92 Å². The third kappa shape index (κ3) is 3.96. The number of benzene rings is 1. The van der Waals surface area contributed by atoms with Crippen LogP contribution in [0.25, 0.3) is 0 Å². The van der Waals surface area contributed by atoms with Crippen LogP contribution in [0, 0.1) is 18.3 Å². The first-order valence-corrected chi connectivity index (χ1v) is 4.99. The summed E-state index contributed by atoms with van der Waals surface area (Å²) in [7, 11) is 0. The number of hydrogen-bond donors (Lipinski definition) is 0. The molecule has 1 rings (SSSR count). The fraction of sp³-hybridized carbons (Fsp3) is 0.286. The van der Waals surface area contributed by atoms with E-state index in [9.17, 15) is 0 Å². The first-order valence-electron chi connectivity index (χ1n) is 4.99. The van der Waals surface area contributed by atoms with E-state index in [0.717, 1.165) is 12.8 Å². The van der Waals surface area contributed by atoms with Gasteiger partial charge in [0, 0.05) is 5.92 Å². The van der Waals surface area contributed by atoms with Crippen LogP contribution in [0.1, 0.15) is 18.9 Å². The maximum absolute atomic E-state index is 5.26. The Hall–Kier alpha value is -1.48. The van der Waals surface area contributed by atoms with Crippen molar-refractivity contribution >= 4 is 0 Å². The van der Waals surface area contributed by atoms with E-state index < -0.39 is 0 Å². The van der Waals surface area contributed by atoms with Crippen LogP contribution in [-0.2, 0) is 6.42 Å². The van der Waals surface area contributed by atoms with Crippen molar-refractivity contribution in [2.45, 2.75) is 19.8 Å². The molecule has 72 valence electrons. The molecule has 0 N–H and O–H groups in total. The summed E-state index contributed by atoms with van der Waals surface area (Å²) in [6, 6.07) is 10.5. The average Bonchev–Trinajstić information content (AvgIpc) is 2.25. The van der Waals surface area contributed by atoms with Gasteiger partial charge in [0.1, 0.15) is 0 Å². The smallest absolute Gasteiger partial charge is 0.0351 e. The van der Waals surface area contributed by atoms with Crippen molar-refractivity contribution in [3.05, 3.63) is 48.0 Å². The Morgan fingerprint density at radius 1 is 1.36 bits per heavy atom. The predicted molar refractivity (Wildman–Crippen MR) is 61.9 cm³/mol. The quantitative estimate of drug-likeness (QED) is 0.496. The van der Waals surface area contributed by atoms with Crippen molar-refractivity contribution in [1.29, 1.82) is 0 Å². The lowest BCUT2D eigenvalue weighted by molar-refractivity contribution is 0.941. The highest BCUT2D eigenvalue weighted by Gasteiger charge is 1.89. The summed E-state index contributed by atoms with van der Waals surface area (Å²) in [6.07, 6.45) is 11.7. The van der Waals surface area contributed by atoms with E-state index in [0.29, 0.717) is 0 Å². The summed E-state index contributed by atoms with van der Waals surface area (Å²) in [5.41, 5.74) is 1.38. The lowest BCUT2D eigenvalue weighted by atomic mass is 10.1. The van der Waals surface area contributed by atoms with Crippen molar-refractivity contribution < 1.29 is 0 Å². The third-order valence-electron chi connectivity index (χ3n) is 2.13. The Bertz CT molecular complexity index is 314. The van der Waals surface area contributed by atoms with Crippen LogP contribution in [0.15, 0.2) is 42.5 Å². The minimum atomic E-state index is 0.255. The molecule has 0 unspecified atom stereocenters. The number of aryl methyl sites for hydroxylation is 1. The molecule has 0 aliphatic carbocycles. The maximum Gasteiger partial charge on any atom is 0.0351 e. The number of rotatable bonds is 4. The van der Waals surface area contributed by atoms with Gasteiger partial charge in [-0.2, -0.15) is 0 Å². The SMILES string of the molecule is C#C[C@H](C)/C=C/CCc1ccccc1. The molecule has 1 atom stereocenters. The molecule has 0 heterocycles. The molecule has 0 aliphatic heterocycles. The Balaban J connectivity index is 2.30. The van der Waals surface area contributed by atoms with E-state index in [4.69, 9.17) is 6.42 Å². The largest absolute Gasteiger partial charge is 0.119 e. The molecule has 1 aromatic carbocycles. The second kappa shape index (κ2) is 6.05. The third-order valence-corrected chi connectivity index (χ3v) is 2.13. The zero-order chi connectivity index (χ0) is 10.2. The molecule has 0 spiro atoms. The molecule has 0 saturated carbocycles. The normalized spacial score (nSPS) is 12.6. The zero-order valence-corrected chi connectivity index (χ0v) is 8.61. The predicted octanol–water partition coefficient (Wildman–Crippen LogP) is 3.44. The van der Waals surface area contributed by atoms with Gasteiger partial charge in [-0.05, 0) is 25.3 Å². The van der Waals surface area contributed by atoms with Gasteiger partial charge in [0.05, 0.1) is 0 Å². The van der Waals surface area contributed by atoms with E-state index >= 15 is 0 Å². The molecule has 0 radical (unpaired) electrons. The molecule has 0 aliphatic rings. The van der Waals surface area contributed by atoms with Gasteiger partial charge in [0.15, 0.2) is 0 Å². The molecule has 0 amide bonds. The summed E-state index contributed by atoms with van der Waals surface area (Å²) in [4.78, 5) is 0. The second-order valence-corrected chi connectivity index (χ2v) is 3.41. The van der Waals surface area contributed by atoms with Gasteiger partial charge in [0.25, 0.3) is 0 Å². The highest BCUT2D eigenvalue weighted by Crippen LogP contribution is 2.04. The lowest BCUT2D eigenvalue weighted by Crippen LogP contribution is -1.84. The first-order chi connectivity index (χ1) is 6.83. The van der Waals surface area contributed by atoms with Crippen molar-refractivity contribution in [3.8, 4) is 12.3 Å². The van der Waals surface area contributed by atoms with Crippen LogP contribution in [0.2, 0.25) is 0 Å². The van der Waals surface area contributed by atoms with Crippen molar-refractivity contribution in [2.75, 3.05) is 0 Å². The number of hydrogen-bond acceptors (Lipinski definition) is 0. The van der Waals surface area contributed by atoms with E-state index in [2.05, 4.69) is 42.3 Å². The Morgan fingerprint density at radius 2 is 2.07 bits per heavy atom. The average molecular weight is 184 g/mol. The standard InChI is InChI=1S/C14H16/c1-3-13(2)9-7-8-12-14-10-5-4-6-11-14/h1,4-7,9-11,13H,8,12H2,2H3/b9-7+/t13-/m0/s1. The topological polar surface area (TPSA) is 0 Å². The summed E-state index contributed by atoms with van der Waals surface area (Å²) in [5.74, 6) is 2.93. The monoisotopic (exact) mass is 184 g/mol. The van der Waals surface area contributed by atoms with Crippen LogP contribution in [0.5, 0.6) is 0 Å². The fourth-order valence-corrected chi connectivity index (χ4v) is 1.25. The van der Waals surface area contributed by atoms with Gasteiger partial charge in [-0.1, -0.05) is 48.4 Å². The number of terminal acetylenes is 1. The molecule has 14 heavy (non-hydrogen) atoms. The minimum absolute atomic E-state index is 0.255. The Morgan fingerprint density at radius 3 is 2.71 bits per heavy atom. The van der Waals surface area contributed by atoms with Gasteiger partial charge in [-0.25, -0.2) is 0 Å². The molecule has 0 fully saturated rings. The van der Waals surface area contributed by atoms with Gasteiger partial charge in [0.2, 0.25) is 0 Å². The van der Waals surface area contributed by atoms with Crippen LogP contribution in [0.4, 0.5) is 0 Å². The zero-order valence-electron chi connectivity index (χ0n) is 8.61. The molecular weight excluding hydrogens is 168 g/mol. The summed E-state index contributed by atoms with van der Waals surface area (Å²) in [6.45, 7) is 2.03. The van der Waals surface area contributed by atoms with Gasteiger partial charge < -0.3 is 0 Å². The summed E-state index contributed by atoms with van der Waals surface area (Å²) < 4.78 is 0. The van der Waals surface area contributed by atoms with Gasteiger partial charge in [-0.15, -0.1) is 6.42 Å². The lowest BCUT2D eigenvalue weighted by Gasteiger charge is -1.97. The summed E-state index contributed by atoms with van der Waals surface area (Å²) in [5, 5.41) is 0. The summed E-state index contributed by atoms with van der Waals surface area (Å²) >= 11 is 0. The highest BCUT2D eigenvalue weighted by atomic mass is 13.9. The fourth-order valence-electron chi connectivity index (χ4n) is 1.25. The first kappa shape index (κ1) is 10.6. The van der Waals surface area contributed by atoms with Gasteiger partial charge in [-0.3, -0.25) is 0 Å². The van der Waals surface area contributed by atoms with E-state index in [1.807, 2.05) is 13.0 Å². The van der Waals surface area contributed by atoms with E-state index in [1.54, 1.807) is 0 Å².